The van der Waals surface area contributed by atoms with Gasteiger partial charge in [-0.1, -0.05) is 12.1 Å². The highest BCUT2D eigenvalue weighted by Gasteiger charge is 2.39. The van der Waals surface area contributed by atoms with Crippen molar-refractivity contribution in [1.29, 1.82) is 0 Å². The van der Waals surface area contributed by atoms with Gasteiger partial charge in [0.1, 0.15) is 5.75 Å². The summed E-state index contributed by atoms with van der Waals surface area (Å²) >= 11 is 0. The Morgan fingerprint density at radius 2 is 1.89 bits per heavy atom. The Kier molecular flexibility index (Phi) is 4.31. The summed E-state index contributed by atoms with van der Waals surface area (Å²) in [6.07, 6.45) is -4.69. The third kappa shape index (κ3) is 3.84. The van der Waals surface area contributed by atoms with Crippen LogP contribution in [0.4, 0.5) is 13.2 Å². The Morgan fingerprint density at radius 3 is 2.42 bits per heavy atom. The third-order valence-electron chi connectivity index (χ3n) is 2.91. The number of aliphatic hydroxyl groups excluding tert-OH is 1. The van der Waals surface area contributed by atoms with Gasteiger partial charge in [-0.15, -0.1) is 0 Å². The molecule has 0 amide bonds. The van der Waals surface area contributed by atoms with E-state index in [2.05, 4.69) is 0 Å². The molecule has 1 aliphatic rings. The van der Waals surface area contributed by atoms with E-state index in [0.29, 0.717) is 12.4 Å². The fourth-order valence-electron chi connectivity index (χ4n) is 1.87. The normalized spacial score (nSPS) is 22.0. The summed E-state index contributed by atoms with van der Waals surface area (Å²) in [5.41, 5.74) is -0.204. The monoisotopic (exact) mass is 276 g/mol. The molecular formula is C13H15F3O3. The van der Waals surface area contributed by atoms with Crippen LogP contribution in [0.2, 0.25) is 0 Å². The quantitative estimate of drug-likeness (QED) is 0.921. The van der Waals surface area contributed by atoms with Gasteiger partial charge in [-0.05, 0) is 30.5 Å². The van der Waals surface area contributed by atoms with E-state index in [0.717, 1.165) is 19.3 Å². The molecule has 0 bridgehead atoms. The van der Waals surface area contributed by atoms with Gasteiger partial charge in [-0.2, -0.15) is 13.2 Å². The smallest absolute Gasteiger partial charge is 0.418 e. The van der Waals surface area contributed by atoms with E-state index in [1.54, 1.807) is 0 Å². The summed E-state index contributed by atoms with van der Waals surface area (Å²) in [6, 6.07) is 5.22. The van der Waals surface area contributed by atoms with Crippen LogP contribution in [-0.4, -0.2) is 24.2 Å². The molecule has 0 radical (unpaired) electrons. The first-order valence-electron chi connectivity index (χ1n) is 6.10. The molecule has 1 fully saturated rings. The maximum Gasteiger partial charge on any atom is 0.418 e. The molecule has 1 aromatic rings. The predicted octanol–water partition coefficient (Wildman–Crippen LogP) is 3.19. The van der Waals surface area contributed by atoms with E-state index in [-0.39, 0.29) is 11.9 Å². The van der Waals surface area contributed by atoms with Crippen molar-refractivity contribution >= 4 is 0 Å². The van der Waals surface area contributed by atoms with Crippen molar-refractivity contribution in [2.75, 3.05) is 6.61 Å². The Balaban J connectivity index is 1.98. The van der Waals surface area contributed by atoms with Gasteiger partial charge >= 0.3 is 6.18 Å². The minimum atomic E-state index is -4.66. The molecule has 1 aromatic carbocycles. The zero-order valence-corrected chi connectivity index (χ0v) is 10.2. The Morgan fingerprint density at radius 1 is 1.21 bits per heavy atom. The van der Waals surface area contributed by atoms with Crippen LogP contribution in [-0.2, 0) is 4.74 Å². The molecule has 2 rings (SSSR count). The summed E-state index contributed by atoms with van der Waals surface area (Å²) in [5, 5.41) is 9.08. The highest BCUT2D eigenvalue weighted by molar-refractivity contribution is 5.29. The van der Waals surface area contributed by atoms with E-state index in [1.165, 1.54) is 24.3 Å². The average molecular weight is 276 g/mol. The summed E-state index contributed by atoms with van der Waals surface area (Å²) in [6.45, 7) is 0.634. The lowest BCUT2D eigenvalue weighted by atomic mass is 10.1. The largest absolute Gasteiger partial charge is 0.465 e. The van der Waals surface area contributed by atoms with Crippen LogP contribution < -0.4 is 4.74 Å². The molecule has 0 saturated carbocycles. The van der Waals surface area contributed by atoms with Crippen LogP contribution >= 0.6 is 0 Å². The van der Waals surface area contributed by atoms with Crippen molar-refractivity contribution in [3.8, 4) is 5.75 Å². The Labute approximate surface area is 108 Å². The molecule has 1 N–H and O–H groups in total. The maximum absolute atomic E-state index is 12.3. The molecule has 0 aromatic heterocycles. The van der Waals surface area contributed by atoms with Gasteiger partial charge < -0.3 is 14.6 Å². The summed E-state index contributed by atoms with van der Waals surface area (Å²) in [5.74, 6) is 0.435. The number of halogens is 3. The molecule has 3 nitrogen and oxygen atoms in total. The fourth-order valence-corrected chi connectivity index (χ4v) is 1.87. The highest BCUT2D eigenvalue weighted by Crippen LogP contribution is 2.33. The van der Waals surface area contributed by atoms with Gasteiger partial charge in [0, 0.05) is 6.42 Å². The molecule has 19 heavy (non-hydrogen) atoms. The van der Waals surface area contributed by atoms with Crippen LogP contribution in [0.5, 0.6) is 5.75 Å². The van der Waals surface area contributed by atoms with Gasteiger partial charge in [0.05, 0.1) is 6.61 Å². The Bertz CT molecular complexity index is 397. The highest BCUT2D eigenvalue weighted by atomic mass is 19.4. The molecule has 0 aliphatic carbocycles. The van der Waals surface area contributed by atoms with Gasteiger partial charge in [-0.25, -0.2) is 0 Å². The van der Waals surface area contributed by atoms with E-state index >= 15 is 0 Å². The fraction of sp³-hybridized carbons (Fsp3) is 0.538. The number of benzene rings is 1. The van der Waals surface area contributed by atoms with Crippen molar-refractivity contribution in [3.63, 3.8) is 0 Å². The van der Waals surface area contributed by atoms with Gasteiger partial charge in [0.2, 0.25) is 0 Å². The van der Waals surface area contributed by atoms with Crippen LogP contribution in [0.15, 0.2) is 24.3 Å². The topological polar surface area (TPSA) is 38.7 Å². The standard InChI is InChI=1S/C13H15F3O3/c14-13(15,16)12(17)9-4-6-10(7-5-9)19-11-3-1-2-8-18-11/h4-7,11-12,17H,1-3,8H2. The number of alkyl halides is 3. The molecule has 1 heterocycles. The van der Waals surface area contributed by atoms with E-state index < -0.39 is 12.3 Å². The second-order valence-corrected chi connectivity index (χ2v) is 4.43. The first-order chi connectivity index (χ1) is 8.97. The first kappa shape index (κ1) is 14.1. The van der Waals surface area contributed by atoms with E-state index in [4.69, 9.17) is 14.6 Å². The lowest BCUT2D eigenvalue weighted by Gasteiger charge is -2.23. The van der Waals surface area contributed by atoms with Crippen LogP contribution in [0.25, 0.3) is 0 Å². The zero-order valence-electron chi connectivity index (χ0n) is 10.2. The number of rotatable bonds is 3. The molecule has 106 valence electrons. The minimum absolute atomic E-state index is 0.204. The number of aliphatic hydroxyl groups is 1. The molecular weight excluding hydrogens is 261 g/mol. The number of hydrogen-bond donors (Lipinski definition) is 1. The van der Waals surface area contributed by atoms with Crippen molar-refractivity contribution in [1.82, 2.24) is 0 Å². The second kappa shape index (κ2) is 5.79. The van der Waals surface area contributed by atoms with Crippen LogP contribution in [0.1, 0.15) is 30.9 Å². The first-order valence-corrected chi connectivity index (χ1v) is 6.10. The van der Waals surface area contributed by atoms with Gasteiger partial charge in [0.15, 0.2) is 12.4 Å². The average Bonchev–Trinajstić information content (AvgIpc) is 2.39. The number of ether oxygens (including phenoxy) is 2. The van der Waals surface area contributed by atoms with Crippen LogP contribution in [0.3, 0.4) is 0 Å². The van der Waals surface area contributed by atoms with Crippen LogP contribution in [0, 0.1) is 0 Å². The zero-order chi connectivity index (χ0) is 13.9. The van der Waals surface area contributed by atoms with E-state index in [1.807, 2.05) is 0 Å². The molecule has 1 aliphatic heterocycles. The van der Waals surface area contributed by atoms with Crippen molar-refractivity contribution < 1.29 is 27.8 Å². The molecule has 1 saturated heterocycles. The molecule has 2 atom stereocenters. The minimum Gasteiger partial charge on any atom is -0.465 e. The molecule has 0 spiro atoms. The SMILES string of the molecule is OC(c1ccc(OC2CCCCO2)cc1)C(F)(F)F. The second-order valence-electron chi connectivity index (χ2n) is 4.43. The van der Waals surface area contributed by atoms with Gasteiger partial charge in [-0.3, -0.25) is 0 Å². The summed E-state index contributed by atoms with van der Waals surface area (Å²) in [7, 11) is 0. The number of hydrogen-bond acceptors (Lipinski definition) is 3. The molecule has 6 heteroatoms. The van der Waals surface area contributed by atoms with Crippen molar-refractivity contribution in [3.05, 3.63) is 29.8 Å². The lowest BCUT2D eigenvalue weighted by Crippen LogP contribution is -2.25. The summed E-state index contributed by atoms with van der Waals surface area (Å²) < 4.78 is 47.8. The lowest BCUT2D eigenvalue weighted by molar-refractivity contribution is -0.206. The van der Waals surface area contributed by atoms with Crippen molar-refractivity contribution in [2.24, 2.45) is 0 Å². The van der Waals surface area contributed by atoms with Gasteiger partial charge in [0.25, 0.3) is 0 Å². The van der Waals surface area contributed by atoms with E-state index in [9.17, 15) is 13.2 Å². The predicted molar refractivity (Wildman–Crippen MR) is 61.7 cm³/mol. The summed E-state index contributed by atoms with van der Waals surface area (Å²) in [4.78, 5) is 0. The third-order valence-corrected chi connectivity index (χ3v) is 2.91. The maximum atomic E-state index is 12.3. The molecule has 2 unspecified atom stereocenters. The van der Waals surface area contributed by atoms with Crippen molar-refractivity contribution in [2.45, 2.75) is 37.8 Å². The Hall–Kier alpha value is -1.27.